The molecule has 0 bridgehead atoms. The molecule has 118 valence electrons. The molecular formula is C17H27FN2O. The fraction of sp³-hybridized carbons (Fsp3) is 0.647. The Hall–Kier alpha value is -1.13. The maximum Gasteiger partial charge on any atom is 0.131 e. The Kier molecular flexibility index (Phi) is 6.00. The summed E-state index contributed by atoms with van der Waals surface area (Å²) in [5.74, 6) is 1.11. The Labute approximate surface area is 127 Å². The average molecular weight is 294 g/mol. The molecule has 1 aromatic carbocycles. The van der Waals surface area contributed by atoms with Gasteiger partial charge in [-0.15, -0.1) is 0 Å². The van der Waals surface area contributed by atoms with E-state index in [2.05, 4.69) is 24.1 Å². The lowest BCUT2D eigenvalue weighted by atomic mass is 9.97. The van der Waals surface area contributed by atoms with Crippen molar-refractivity contribution in [1.82, 2.24) is 10.2 Å². The molecule has 1 aliphatic heterocycles. The van der Waals surface area contributed by atoms with Gasteiger partial charge in [0.15, 0.2) is 0 Å². The van der Waals surface area contributed by atoms with Crippen LogP contribution in [0, 0.1) is 11.7 Å². The summed E-state index contributed by atoms with van der Waals surface area (Å²) in [6.45, 7) is 8.31. The topological polar surface area (TPSA) is 24.5 Å². The molecule has 2 atom stereocenters. The molecule has 0 aromatic heterocycles. The minimum absolute atomic E-state index is 0.0214. The molecule has 1 aliphatic rings. The first-order chi connectivity index (χ1) is 10.2. The Balaban J connectivity index is 2.13. The van der Waals surface area contributed by atoms with Gasteiger partial charge in [0, 0.05) is 18.2 Å². The van der Waals surface area contributed by atoms with Crippen molar-refractivity contribution in [1.29, 1.82) is 0 Å². The number of halogens is 1. The molecule has 4 heteroatoms. The van der Waals surface area contributed by atoms with Gasteiger partial charge in [-0.3, -0.25) is 4.90 Å². The van der Waals surface area contributed by atoms with E-state index in [-0.39, 0.29) is 11.9 Å². The molecule has 0 amide bonds. The van der Waals surface area contributed by atoms with Gasteiger partial charge in [0.2, 0.25) is 0 Å². The van der Waals surface area contributed by atoms with E-state index in [1.54, 1.807) is 13.2 Å². The van der Waals surface area contributed by atoms with Crippen molar-refractivity contribution in [2.75, 3.05) is 33.3 Å². The predicted octanol–water partition coefficient (Wildman–Crippen LogP) is 3.22. The molecule has 0 radical (unpaired) electrons. The van der Waals surface area contributed by atoms with Crippen LogP contribution in [0.5, 0.6) is 5.75 Å². The van der Waals surface area contributed by atoms with Gasteiger partial charge >= 0.3 is 0 Å². The Morgan fingerprint density at radius 3 is 2.90 bits per heavy atom. The molecule has 2 unspecified atom stereocenters. The van der Waals surface area contributed by atoms with Crippen LogP contribution in [0.4, 0.5) is 4.39 Å². The standard InChI is InChI=1S/C17H27FN2O/c1-4-20(12-14-7-6-10-19-11-14)13(2)17-15(18)8-5-9-16(17)21-3/h5,8-9,13-14,19H,4,6-7,10-12H2,1-3H3. The Morgan fingerprint density at radius 2 is 2.29 bits per heavy atom. The van der Waals surface area contributed by atoms with Gasteiger partial charge in [0.1, 0.15) is 11.6 Å². The van der Waals surface area contributed by atoms with Crippen LogP contribution < -0.4 is 10.1 Å². The molecule has 0 spiro atoms. The summed E-state index contributed by atoms with van der Waals surface area (Å²) < 4.78 is 19.6. The number of ether oxygens (including phenoxy) is 1. The summed E-state index contributed by atoms with van der Waals surface area (Å²) in [4.78, 5) is 2.35. The monoisotopic (exact) mass is 294 g/mol. The van der Waals surface area contributed by atoms with Crippen molar-refractivity contribution in [2.45, 2.75) is 32.7 Å². The van der Waals surface area contributed by atoms with Crippen molar-refractivity contribution >= 4 is 0 Å². The zero-order valence-corrected chi connectivity index (χ0v) is 13.4. The van der Waals surface area contributed by atoms with E-state index in [9.17, 15) is 4.39 Å². The van der Waals surface area contributed by atoms with Crippen LogP contribution >= 0.6 is 0 Å². The summed E-state index contributed by atoms with van der Waals surface area (Å²) in [6.07, 6.45) is 2.49. The third kappa shape index (κ3) is 3.95. The Bertz CT molecular complexity index is 446. The van der Waals surface area contributed by atoms with Crippen molar-refractivity contribution in [3.05, 3.63) is 29.6 Å². The maximum atomic E-state index is 14.2. The molecular weight excluding hydrogens is 267 g/mol. The molecule has 3 nitrogen and oxygen atoms in total. The van der Waals surface area contributed by atoms with Crippen LogP contribution in [0.3, 0.4) is 0 Å². The highest BCUT2D eigenvalue weighted by atomic mass is 19.1. The van der Waals surface area contributed by atoms with Crippen molar-refractivity contribution in [3.63, 3.8) is 0 Å². The average Bonchev–Trinajstić information content (AvgIpc) is 2.52. The van der Waals surface area contributed by atoms with E-state index < -0.39 is 0 Å². The van der Waals surface area contributed by atoms with Crippen LogP contribution in [0.2, 0.25) is 0 Å². The summed E-state index contributed by atoms with van der Waals surface area (Å²) in [5.41, 5.74) is 0.672. The van der Waals surface area contributed by atoms with Gasteiger partial charge in [-0.2, -0.15) is 0 Å². The number of methoxy groups -OCH3 is 1. The number of nitrogens with one attached hydrogen (secondary N) is 1. The lowest BCUT2D eigenvalue weighted by Gasteiger charge is -2.34. The largest absolute Gasteiger partial charge is 0.496 e. The first-order valence-corrected chi connectivity index (χ1v) is 7.94. The van der Waals surface area contributed by atoms with E-state index in [0.29, 0.717) is 17.2 Å². The van der Waals surface area contributed by atoms with E-state index in [4.69, 9.17) is 4.74 Å². The maximum absolute atomic E-state index is 14.2. The normalized spacial score (nSPS) is 20.5. The molecule has 21 heavy (non-hydrogen) atoms. The van der Waals surface area contributed by atoms with Gasteiger partial charge in [0.05, 0.1) is 7.11 Å². The molecule has 0 aliphatic carbocycles. The minimum atomic E-state index is -0.179. The van der Waals surface area contributed by atoms with Crippen LogP contribution in [0.1, 0.15) is 38.3 Å². The lowest BCUT2D eigenvalue weighted by molar-refractivity contribution is 0.166. The van der Waals surface area contributed by atoms with Gasteiger partial charge < -0.3 is 10.1 Å². The molecule has 0 saturated carbocycles. The zero-order chi connectivity index (χ0) is 15.2. The van der Waals surface area contributed by atoms with Gasteiger partial charge in [-0.25, -0.2) is 4.39 Å². The third-order valence-corrected chi connectivity index (χ3v) is 4.50. The molecule has 1 N–H and O–H groups in total. The van der Waals surface area contributed by atoms with E-state index in [1.165, 1.54) is 18.9 Å². The number of rotatable bonds is 6. The SMILES string of the molecule is CCN(CC1CCCNC1)C(C)c1c(F)cccc1OC. The van der Waals surface area contributed by atoms with Crippen LogP contribution in [0.25, 0.3) is 0 Å². The number of hydrogen-bond donors (Lipinski definition) is 1. The van der Waals surface area contributed by atoms with Crippen LogP contribution in [-0.4, -0.2) is 38.2 Å². The highest BCUT2D eigenvalue weighted by Crippen LogP contribution is 2.32. The summed E-state index contributed by atoms with van der Waals surface area (Å²) in [7, 11) is 1.60. The van der Waals surface area contributed by atoms with Gasteiger partial charge in [-0.1, -0.05) is 13.0 Å². The minimum Gasteiger partial charge on any atom is -0.496 e. The van der Waals surface area contributed by atoms with Gasteiger partial charge in [0.25, 0.3) is 0 Å². The Morgan fingerprint density at radius 1 is 1.48 bits per heavy atom. The van der Waals surface area contributed by atoms with Crippen LogP contribution in [-0.2, 0) is 0 Å². The third-order valence-electron chi connectivity index (χ3n) is 4.50. The first kappa shape index (κ1) is 16.2. The molecule has 1 heterocycles. The predicted molar refractivity (Wildman–Crippen MR) is 84.2 cm³/mol. The molecule has 2 rings (SSSR count). The second-order valence-electron chi connectivity index (χ2n) is 5.83. The highest BCUT2D eigenvalue weighted by Gasteiger charge is 2.24. The molecule has 1 aromatic rings. The summed E-state index contributed by atoms with van der Waals surface area (Å²) >= 11 is 0. The number of benzene rings is 1. The smallest absolute Gasteiger partial charge is 0.131 e. The fourth-order valence-electron chi connectivity index (χ4n) is 3.26. The molecule has 1 fully saturated rings. The van der Waals surface area contributed by atoms with Crippen LogP contribution in [0.15, 0.2) is 18.2 Å². The quantitative estimate of drug-likeness (QED) is 0.872. The highest BCUT2D eigenvalue weighted by molar-refractivity contribution is 5.37. The molecule has 1 saturated heterocycles. The van der Waals surface area contributed by atoms with E-state index >= 15 is 0 Å². The second-order valence-corrected chi connectivity index (χ2v) is 5.83. The summed E-state index contributed by atoms with van der Waals surface area (Å²) in [5, 5.41) is 3.45. The second kappa shape index (κ2) is 7.76. The van der Waals surface area contributed by atoms with Crippen molar-refractivity contribution in [2.24, 2.45) is 5.92 Å². The van der Waals surface area contributed by atoms with E-state index in [1.807, 2.05) is 6.07 Å². The summed E-state index contributed by atoms with van der Waals surface area (Å²) in [6, 6.07) is 5.08. The first-order valence-electron chi connectivity index (χ1n) is 7.94. The lowest BCUT2D eigenvalue weighted by Crippen LogP contribution is -2.39. The van der Waals surface area contributed by atoms with Crippen molar-refractivity contribution in [3.8, 4) is 5.75 Å². The number of nitrogens with zero attached hydrogens (tertiary/aromatic N) is 1. The number of piperidine rings is 1. The van der Waals surface area contributed by atoms with Crippen molar-refractivity contribution < 1.29 is 9.13 Å². The zero-order valence-electron chi connectivity index (χ0n) is 13.4. The number of hydrogen-bond acceptors (Lipinski definition) is 3. The fourth-order valence-corrected chi connectivity index (χ4v) is 3.26. The van der Waals surface area contributed by atoms with Gasteiger partial charge in [-0.05, 0) is 57.5 Å². The van der Waals surface area contributed by atoms with E-state index in [0.717, 1.165) is 26.2 Å².